The van der Waals surface area contributed by atoms with Crippen molar-refractivity contribution < 1.29 is 0 Å². The molecule has 8 unspecified atom stereocenters. The van der Waals surface area contributed by atoms with E-state index in [2.05, 4.69) is 33.1 Å². The summed E-state index contributed by atoms with van der Waals surface area (Å²) in [7, 11) is 0. The Kier molecular flexibility index (Phi) is 2.32. The van der Waals surface area contributed by atoms with E-state index in [4.69, 9.17) is 4.99 Å². The molecule has 0 N–H and O–H groups in total. The van der Waals surface area contributed by atoms with E-state index in [1.807, 2.05) is 0 Å². The molecule has 0 amide bonds. The molecule has 1 aliphatic heterocycles. The van der Waals surface area contributed by atoms with Gasteiger partial charge in [-0.3, -0.25) is 4.99 Å². The Bertz CT molecular complexity index is 421. The van der Waals surface area contributed by atoms with Crippen LogP contribution >= 0.6 is 0 Å². The molecule has 0 bridgehead atoms. The molecule has 0 spiro atoms. The van der Waals surface area contributed by atoms with E-state index in [1.165, 1.54) is 19.3 Å². The molecule has 3 aliphatic carbocycles. The minimum atomic E-state index is 0.589. The number of allylic oxidation sites excluding steroid dienone is 1. The first kappa shape index (κ1) is 11.3. The smallest absolute Gasteiger partial charge is 0.0591 e. The maximum atomic E-state index is 4.93. The van der Waals surface area contributed by atoms with Crippen LogP contribution in [0.4, 0.5) is 0 Å². The third kappa shape index (κ3) is 1.26. The quantitative estimate of drug-likeness (QED) is 0.571. The maximum Gasteiger partial charge on any atom is 0.0591 e. The number of hydrogen-bond acceptors (Lipinski definition) is 1. The molecule has 1 nitrogen and oxygen atoms in total. The van der Waals surface area contributed by atoms with Crippen LogP contribution in [0, 0.1) is 41.4 Å². The van der Waals surface area contributed by atoms with Crippen LogP contribution in [-0.4, -0.2) is 12.3 Å². The van der Waals surface area contributed by atoms with Gasteiger partial charge in [0.25, 0.3) is 0 Å². The molecule has 3 saturated carbocycles. The fraction of sp³-hybridized carbons (Fsp3) is 0.824. The van der Waals surface area contributed by atoms with Gasteiger partial charge in [0.1, 0.15) is 0 Å². The second-order valence-electron chi connectivity index (χ2n) is 7.36. The van der Waals surface area contributed by atoms with Crippen molar-refractivity contribution in [2.45, 2.75) is 46.1 Å². The van der Waals surface area contributed by atoms with E-state index in [0.717, 1.165) is 41.4 Å². The molecular formula is C17H25N. The molecule has 0 aromatic heterocycles. The fourth-order valence-corrected chi connectivity index (χ4v) is 5.36. The van der Waals surface area contributed by atoms with Crippen molar-refractivity contribution in [3.05, 3.63) is 11.6 Å². The van der Waals surface area contributed by atoms with Crippen LogP contribution in [0.2, 0.25) is 0 Å². The summed E-state index contributed by atoms with van der Waals surface area (Å²) in [6.45, 7) is 7.18. The van der Waals surface area contributed by atoms with Crippen LogP contribution in [-0.2, 0) is 0 Å². The summed E-state index contributed by atoms with van der Waals surface area (Å²) < 4.78 is 0. The van der Waals surface area contributed by atoms with Crippen LogP contribution in [0.3, 0.4) is 0 Å². The topological polar surface area (TPSA) is 12.4 Å². The summed E-state index contributed by atoms with van der Waals surface area (Å²) in [4.78, 5) is 4.93. The number of fused-ring (bicyclic) bond motifs is 5. The van der Waals surface area contributed by atoms with Crippen molar-refractivity contribution in [1.82, 2.24) is 0 Å². The second-order valence-corrected chi connectivity index (χ2v) is 7.36. The SMILES string of the molecule is C/C1=C/C2C(CC=NC3C(C)C(C)C13)C1CCC21. The highest BCUT2D eigenvalue weighted by atomic mass is 14.9. The first-order valence-corrected chi connectivity index (χ1v) is 7.88. The molecular weight excluding hydrogens is 218 g/mol. The summed E-state index contributed by atoms with van der Waals surface area (Å²) in [5, 5.41) is 0. The lowest BCUT2D eigenvalue weighted by atomic mass is 9.46. The molecule has 8 atom stereocenters. The van der Waals surface area contributed by atoms with E-state index >= 15 is 0 Å². The summed E-state index contributed by atoms with van der Waals surface area (Å²) in [6, 6.07) is 0.589. The first-order chi connectivity index (χ1) is 8.68. The van der Waals surface area contributed by atoms with Gasteiger partial charge in [0.2, 0.25) is 0 Å². The van der Waals surface area contributed by atoms with E-state index < -0.39 is 0 Å². The average Bonchev–Trinajstić information content (AvgIpc) is 2.37. The summed E-state index contributed by atoms with van der Waals surface area (Å²) in [5.74, 6) is 6.29. The monoisotopic (exact) mass is 243 g/mol. The number of hydrogen-bond donors (Lipinski definition) is 0. The minimum Gasteiger partial charge on any atom is -0.293 e. The van der Waals surface area contributed by atoms with Gasteiger partial charge in [-0.05, 0) is 67.9 Å². The van der Waals surface area contributed by atoms with Crippen molar-refractivity contribution in [3.63, 3.8) is 0 Å². The Morgan fingerprint density at radius 1 is 1.06 bits per heavy atom. The van der Waals surface area contributed by atoms with Crippen LogP contribution < -0.4 is 0 Å². The Labute approximate surface area is 111 Å². The standard InChI is InChI=1S/C17H25N/c1-9-8-15-13-5-4-12(13)14(15)6-7-18-17-11(3)10(2)16(9)17/h7-8,10-17H,4-6H2,1-3H3/b9-8-,18-7?. The van der Waals surface area contributed by atoms with Crippen LogP contribution in [0.15, 0.2) is 16.6 Å². The maximum absolute atomic E-state index is 4.93. The molecule has 18 heavy (non-hydrogen) atoms. The summed E-state index contributed by atoms with van der Waals surface area (Å²) in [5.41, 5.74) is 1.66. The first-order valence-electron chi connectivity index (χ1n) is 7.88. The van der Waals surface area contributed by atoms with Gasteiger partial charge in [-0.1, -0.05) is 25.5 Å². The second kappa shape index (κ2) is 3.71. The average molecular weight is 243 g/mol. The Balaban J connectivity index is 1.65. The van der Waals surface area contributed by atoms with E-state index in [-0.39, 0.29) is 0 Å². The number of rotatable bonds is 0. The van der Waals surface area contributed by atoms with Crippen molar-refractivity contribution in [1.29, 1.82) is 0 Å². The van der Waals surface area contributed by atoms with E-state index in [9.17, 15) is 0 Å². The molecule has 0 aromatic rings. The Hall–Kier alpha value is -0.590. The van der Waals surface area contributed by atoms with Crippen molar-refractivity contribution in [3.8, 4) is 0 Å². The Morgan fingerprint density at radius 2 is 1.83 bits per heavy atom. The van der Waals surface area contributed by atoms with Gasteiger partial charge in [-0.25, -0.2) is 0 Å². The fourth-order valence-electron chi connectivity index (χ4n) is 5.36. The van der Waals surface area contributed by atoms with Gasteiger partial charge >= 0.3 is 0 Å². The number of nitrogens with zero attached hydrogens (tertiary/aromatic N) is 1. The Morgan fingerprint density at radius 3 is 2.56 bits per heavy atom. The molecule has 1 heterocycles. The highest BCUT2D eigenvalue weighted by Gasteiger charge is 2.54. The van der Waals surface area contributed by atoms with Crippen molar-refractivity contribution in [2.24, 2.45) is 46.4 Å². The summed E-state index contributed by atoms with van der Waals surface area (Å²) in [6.07, 6.45) is 9.19. The molecule has 0 radical (unpaired) electrons. The molecule has 4 aliphatic rings. The van der Waals surface area contributed by atoms with Gasteiger partial charge in [-0.2, -0.15) is 0 Å². The molecule has 0 saturated heterocycles. The van der Waals surface area contributed by atoms with Gasteiger partial charge in [0, 0.05) is 5.92 Å². The van der Waals surface area contributed by atoms with Crippen LogP contribution in [0.5, 0.6) is 0 Å². The highest BCUT2D eigenvalue weighted by molar-refractivity contribution is 5.59. The minimum absolute atomic E-state index is 0.589. The zero-order chi connectivity index (χ0) is 12.4. The van der Waals surface area contributed by atoms with Gasteiger partial charge in [0.15, 0.2) is 0 Å². The lowest BCUT2D eigenvalue weighted by molar-refractivity contribution is -0.0719. The van der Waals surface area contributed by atoms with Crippen molar-refractivity contribution in [2.75, 3.05) is 0 Å². The molecule has 98 valence electrons. The van der Waals surface area contributed by atoms with Gasteiger partial charge < -0.3 is 0 Å². The predicted molar refractivity (Wildman–Crippen MR) is 75.7 cm³/mol. The van der Waals surface area contributed by atoms with Crippen LogP contribution in [0.1, 0.15) is 40.0 Å². The predicted octanol–water partition coefficient (Wildman–Crippen LogP) is 3.95. The van der Waals surface area contributed by atoms with Crippen LogP contribution in [0.25, 0.3) is 0 Å². The third-order valence-electron chi connectivity index (χ3n) is 6.86. The highest BCUT2D eigenvalue weighted by Crippen LogP contribution is 2.61. The molecule has 0 aromatic carbocycles. The zero-order valence-corrected chi connectivity index (χ0v) is 11.8. The lowest BCUT2D eigenvalue weighted by Crippen LogP contribution is -2.52. The third-order valence-corrected chi connectivity index (χ3v) is 6.86. The van der Waals surface area contributed by atoms with Crippen molar-refractivity contribution >= 4 is 6.21 Å². The molecule has 1 heteroatoms. The van der Waals surface area contributed by atoms with E-state index in [1.54, 1.807) is 5.57 Å². The summed E-state index contributed by atoms with van der Waals surface area (Å²) >= 11 is 0. The zero-order valence-electron chi connectivity index (χ0n) is 11.8. The number of aliphatic imine (C=N–C) groups is 1. The van der Waals surface area contributed by atoms with Gasteiger partial charge in [0.05, 0.1) is 6.04 Å². The van der Waals surface area contributed by atoms with E-state index in [0.29, 0.717) is 6.04 Å². The normalized spacial score (nSPS) is 60.1. The van der Waals surface area contributed by atoms with Gasteiger partial charge in [-0.15, -0.1) is 0 Å². The largest absolute Gasteiger partial charge is 0.293 e. The molecule has 3 fully saturated rings. The molecule has 4 rings (SSSR count). The lowest BCUT2D eigenvalue weighted by Gasteiger charge is -2.59.